The molecule has 0 unspecified atom stereocenters. The summed E-state index contributed by atoms with van der Waals surface area (Å²) in [6.45, 7) is 7.31. The fraction of sp³-hybridized carbons (Fsp3) is 0.700. The number of rotatable bonds is 3. The van der Waals surface area contributed by atoms with Crippen molar-refractivity contribution < 1.29 is 0 Å². The summed E-state index contributed by atoms with van der Waals surface area (Å²) in [5.41, 5.74) is 8.17. The van der Waals surface area contributed by atoms with Gasteiger partial charge in [-0.3, -0.25) is 5.10 Å². The van der Waals surface area contributed by atoms with Gasteiger partial charge in [-0.05, 0) is 24.9 Å². The number of aryl methyl sites for hydroxylation is 1. The maximum atomic E-state index is 5.47. The normalized spacial score (nSPS) is 12.0. The molecule has 0 aliphatic heterocycles. The molecule has 3 heteroatoms. The SMILES string of the molecule is CC(C)(C)c1[nH]ncc1CCCN. The van der Waals surface area contributed by atoms with Crippen LogP contribution in [-0.4, -0.2) is 16.7 Å². The van der Waals surface area contributed by atoms with Crippen LogP contribution in [-0.2, 0) is 11.8 Å². The Morgan fingerprint density at radius 3 is 2.69 bits per heavy atom. The van der Waals surface area contributed by atoms with E-state index in [4.69, 9.17) is 5.73 Å². The van der Waals surface area contributed by atoms with Gasteiger partial charge in [0.2, 0.25) is 0 Å². The van der Waals surface area contributed by atoms with E-state index in [0.29, 0.717) is 0 Å². The summed E-state index contributed by atoms with van der Waals surface area (Å²) in [7, 11) is 0. The van der Waals surface area contributed by atoms with E-state index >= 15 is 0 Å². The number of nitrogens with zero attached hydrogens (tertiary/aromatic N) is 1. The molecule has 0 fully saturated rings. The molecule has 3 nitrogen and oxygen atoms in total. The molecule has 0 spiro atoms. The first-order chi connectivity index (χ1) is 6.05. The van der Waals surface area contributed by atoms with Gasteiger partial charge in [-0.25, -0.2) is 0 Å². The third-order valence-electron chi connectivity index (χ3n) is 2.12. The first kappa shape index (κ1) is 10.3. The summed E-state index contributed by atoms with van der Waals surface area (Å²) in [4.78, 5) is 0. The van der Waals surface area contributed by atoms with E-state index in [2.05, 4.69) is 31.0 Å². The standard InChI is InChI=1S/C10H19N3/c1-10(2,3)9-8(5-4-6-11)7-12-13-9/h7H,4-6,11H2,1-3H3,(H,12,13). The van der Waals surface area contributed by atoms with E-state index in [1.807, 2.05) is 6.20 Å². The van der Waals surface area contributed by atoms with Crippen molar-refractivity contribution in [2.45, 2.75) is 39.0 Å². The Kier molecular flexibility index (Phi) is 3.09. The summed E-state index contributed by atoms with van der Waals surface area (Å²) in [5, 5.41) is 7.14. The Morgan fingerprint density at radius 1 is 1.46 bits per heavy atom. The average molecular weight is 181 g/mol. The number of nitrogens with two attached hydrogens (primary N) is 1. The van der Waals surface area contributed by atoms with E-state index in [9.17, 15) is 0 Å². The summed E-state index contributed by atoms with van der Waals surface area (Å²) in [6, 6.07) is 0. The predicted octanol–water partition coefficient (Wildman–Crippen LogP) is 1.60. The Hall–Kier alpha value is -0.830. The van der Waals surface area contributed by atoms with Crippen LogP contribution in [0.4, 0.5) is 0 Å². The number of nitrogens with one attached hydrogen (secondary N) is 1. The van der Waals surface area contributed by atoms with Crippen LogP contribution in [0.3, 0.4) is 0 Å². The van der Waals surface area contributed by atoms with Crippen molar-refractivity contribution in [3.05, 3.63) is 17.5 Å². The fourth-order valence-corrected chi connectivity index (χ4v) is 1.44. The molecule has 0 aliphatic carbocycles. The molecule has 0 aromatic carbocycles. The summed E-state index contributed by atoms with van der Waals surface area (Å²) < 4.78 is 0. The van der Waals surface area contributed by atoms with Gasteiger partial charge in [0, 0.05) is 11.1 Å². The Labute approximate surface area is 79.7 Å². The molecular formula is C10H19N3. The van der Waals surface area contributed by atoms with Crippen LogP contribution in [0.25, 0.3) is 0 Å². The van der Waals surface area contributed by atoms with Gasteiger partial charge in [-0.15, -0.1) is 0 Å². The molecule has 1 aromatic heterocycles. The molecule has 1 rings (SSSR count). The number of H-pyrrole nitrogens is 1. The lowest BCUT2D eigenvalue weighted by Gasteiger charge is -2.18. The van der Waals surface area contributed by atoms with Crippen LogP contribution in [0, 0.1) is 0 Å². The lowest BCUT2D eigenvalue weighted by atomic mass is 9.88. The maximum Gasteiger partial charge on any atom is 0.0522 e. The van der Waals surface area contributed by atoms with Crippen LogP contribution in [0.1, 0.15) is 38.4 Å². The monoisotopic (exact) mass is 181 g/mol. The van der Waals surface area contributed by atoms with E-state index in [1.165, 1.54) is 11.3 Å². The van der Waals surface area contributed by atoms with Gasteiger partial charge in [-0.1, -0.05) is 20.8 Å². The van der Waals surface area contributed by atoms with Crippen molar-refractivity contribution in [2.75, 3.05) is 6.54 Å². The van der Waals surface area contributed by atoms with Crippen molar-refractivity contribution in [2.24, 2.45) is 5.73 Å². The molecule has 0 atom stereocenters. The maximum absolute atomic E-state index is 5.47. The molecule has 1 aromatic rings. The molecule has 0 bridgehead atoms. The van der Waals surface area contributed by atoms with Crippen molar-refractivity contribution in [3.8, 4) is 0 Å². The first-order valence-electron chi connectivity index (χ1n) is 4.78. The second-order valence-corrected chi connectivity index (χ2v) is 4.41. The van der Waals surface area contributed by atoms with Crippen LogP contribution in [0.2, 0.25) is 0 Å². The highest BCUT2D eigenvalue weighted by Gasteiger charge is 2.19. The zero-order chi connectivity index (χ0) is 9.90. The summed E-state index contributed by atoms with van der Waals surface area (Å²) in [5.74, 6) is 0. The van der Waals surface area contributed by atoms with Gasteiger partial charge in [-0.2, -0.15) is 5.10 Å². The average Bonchev–Trinajstić information content (AvgIpc) is 2.47. The van der Waals surface area contributed by atoms with Gasteiger partial charge in [0.15, 0.2) is 0 Å². The molecule has 3 N–H and O–H groups in total. The molecule has 0 amide bonds. The van der Waals surface area contributed by atoms with Crippen LogP contribution in [0.5, 0.6) is 0 Å². The highest BCUT2D eigenvalue weighted by molar-refractivity contribution is 5.23. The number of aromatic amines is 1. The van der Waals surface area contributed by atoms with Crippen molar-refractivity contribution >= 4 is 0 Å². The highest BCUT2D eigenvalue weighted by Crippen LogP contribution is 2.23. The van der Waals surface area contributed by atoms with Crippen LogP contribution >= 0.6 is 0 Å². The van der Waals surface area contributed by atoms with Crippen LogP contribution in [0.15, 0.2) is 6.20 Å². The number of hydrogen-bond donors (Lipinski definition) is 2. The highest BCUT2D eigenvalue weighted by atomic mass is 15.1. The van der Waals surface area contributed by atoms with E-state index in [0.717, 1.165) is 19.4 Å². The van der Waals surface area contributed by atoms with E-state index < -0.39 is 0 Å². The lowest BCUT2D eigenvalue weighted by Crippen LogP contribution is -2.14. The topological polar surface area (TPSA) is 54.7 Å². The van der Waals surface area contributed by atoms with Gasteiger partial charge < -0.3 is 5.73 Å². The minimum atomic E-state index is 0.153. The zero-order valence-corrected chi connectivity index (χ0v) is 8.72. The molecule has 74 valence electrons. The van der Waals surface area contributed by atoms with Crippen molar-refractivity contribution in [3.63, 3.8) is 0 Å². The van der Waals surface area contributed by atoms with Crippen molar-refractivity contribution in [1.82, 2.24) is 10.2 Å². The van der Waals surface area contributed by atoms with E-state index in [-0.39, 0.29) is 5.41 Å². The minimum absolute atomic E-state index is 0.153. The quantitative estimate of drug-likeness (QED) is 0.744. The van der Waals surface area contributed by atoms with Gasteiger partial charge >= 0.3 is 0 Å². The Morgan fingerprint density at radius 2 is 2.15 bits per heavy atom. The Balaban J connectivity index is 2.77. The molecule has 0 saturated carbocycles. The third-order valence-corrected chi connectivity index (χ3v) is 2.12. The van der Waals surface area contributed by atoms with Gasteiger partial charge in [0.05, 0.1) is 6.20 Å². The van der Waals surface area contributed by atoms with E-state index in [1.54, 1.807) is 0 Å². The largest absolute Gasteiger partial charge is 0.330 e. The fourth-order valence-electron chi connectivity index (χ4n) is 1.44. The molecule has 0 aliphatic rings. The van der Waals surface area contributed by atoms with Crippen LogP contribution < -0.4 is 5.73 Å². The zero-order valence-electron chi connectivity index (χ0n) is 8.72. The summed E-state index contributed by atoms with van der Waals surface area (Å²) in [6.07, 6.45) is 3.97. The third kappa shape index (κ3) is 2.56. The molecule has 1 heterocycles. The predicted molar refractivity (Wildman–Crippen MR) is 54.7 cm³/mol. The smallest absolute Gasteiger partial charge is 0.0522 e. The first-order valence-corrected chi connectivity index (χ1v) is 4.78. The minimum Gasteiger partial charge on any atom is -0.330 e. The number of aromatic nitrogens is 2. The second kappa shape index (κ2) is 3.92. The molecule has 0 saturated heterocycles. The second-order valence-electron chi connectivity index (χ2n) is 4.41. The molecule has 13 heavy (non-hydrogen) atoms. The molecule has 0 radical (unpaired) electrons. The van der Waals surface area contributed by atoms with Crippen molar-refractivity contribution in [1.29, 1.82) is 0 Å². The Bertz CT molecular complexity index is 257. The van der Waals surface area contributed by atoms with Gasteiger partial charge in [0.25, 0.3) is 0 Å². The molecular weight excluding hydrogens is 162 g/mol. The number of hydrogen-bond acceptors (Lipinski definition) is 2. The summed E-state index contributed by atoms with van der Waals surface area (Å²) >= 11 is 0. The lowest BCUT2D eigenvalue weighted by molar-refractivity contribution is 0.558. The van der Waals surface area contributed by atoms with Gasteiger partial charge in [0.1, 0.15) is 0 Å².